The number of nitrogens with zero attached hydrogens (tertiary/aromatic N) is 3. The van der Waals surface area contributed by atoms with Crippen molar-refractivity contribution >= 4 is 27.4 Å². The van der Waals surface area contributed by atoms with Crippen LogP contribution in [0.3, 0.4) is 0 Å². The molecule has 8 heteroatoms. The third-order valence-corrected chi connectivity index (χ3v) is 6.18. The van der Waals surface area contributed by atoms with Crippen LogP contribution in [0.5, 0.6) is 17.2 Å². The fourth-order valence-corrected chi connectivity index (χ4v) is 4.67. The summed E-state index contributed by atoms with van der Waals surface area (Å²) in [5, 5.41) is 6.78. The molecule has 0 aliphatic carbocycles. The highest BCUT2D eigenvalue weighted by atomic mass is 32.1. The van der Waals surface area contributed by atoms with Crippen molar-refractivity contribution in [2.75, 3.05) is 45.9 Å². The smallest absolute Gasteiger partial charge is 0.203 e. The van der Waals surface area contributed by atoms with E-state index in [9.17, 15) is 0 Å². The molecule has 1 N–H and O–H groups in total. The summed E-state index contributed by atoms with van der Waals surface area (Å²) in [4.78, 5) is 13.2. The Kier molecular flexibility index (Phi) is 5.47. The molecule has 1 fully saturated rings. The zero-order chi connectivity index (χ0) is 20.5. The number of ether oxygens (including phenoxy) is 3. The van der Waals surface area contributed by atoms with Crippen molar-refractivity contribution in [1.29, 1.82) is 0 Å². The van der Waals surface area contributed by atoms with Gasteiger partial charge in [-0.1, -0.05) is 0 Å². The molecule has 0 spiro atoms. The Morgan fingerprint density at radius 3 is 2.45 bits per heavy atom. The Morgan fingerprint density at radius 2 is 1.83 bits per heavy atom. The van der Waals surface area contributed by atoms with Gasteiger partial charge in [0.05, 0.1) is 26.7 Å². The SMILES string of the molecule is COc1cc(-c2nc(N3CCNC(C)C3)c3c(C)csc3n2)cc(OC)c1OC. The lowest BCUT2D eigenvalue weighted by Crippen LogP contribution is -2.49. The molecular weight excluding hydrogens is 388 g/mol. The number of anilines is 1. The molecule has 1 aliphatic heterocycles. The number of hydrogen-bond acceptors (Lipinski definition) is 8. The first-order valence-electron chi connectivity index (χ1n) is 9.60. The van der Waals surface area contributed by atoms with Crippen molar-refractivity contribution in [3.8, 4) is 28.6 Å². The highest BCUT2D eigenvalue weighted by Crippen LogP contribution is 2.42. The molecule has 1 aromatic carbocycles. The summed E-state index contributed by atoms with van der Waals surface area (Å²) in [6.45, 7) is 7.09. The van der Waals surface area contributed by atoms with Crippen LogP contribution in [0.2, 0.25) is 0 Å². The van der Waals surface area contributed by atoms with Gasteiger partial charge in [-0.15, -0.1) is 11.3 Å². The van der Waals surface area contributed by atoms with Crippen molar-refractivity contribution in [2.45, 2.75) is 19.9 Å². The quantitative estimate of drug-likeness (QED) is 0.685. The maximum Gasteiger partial charge on any atom is 0.203 e. The number of benzene rings is 1. The molecule has 1 unspecified atom stereocenters. The molecule has 1 atom stereocenters. The van der Waals surface area contributed by atoms with E-state index in [4.69, 9.17) is 24.2 Å². The lowest BCUT2D eigenvalue weighted by atomic mass is 10.1. The maximum atomic E-state index is 5.52. The highest BCUT2D eigenvalue weighted by Gasteiger charge is 2.23. The molecule has 154 valence electrons. The van der Waals surface area contributed by atoms with Gasteiger partial charge in [-0.2, -0.15) is 0 Å². The van der Waals surface area contributed by atoms with Gasteiger partial charge in [0.25, 0.3) is 0 Å². The molecule has 0 bridgehead atoms. The standard InChI is InChI=1S/C21H26N4O3S/c1-12-11-29-21-17(12)20(25-7-6-22-13(2)10-25)23-19(24-21)14-8-15(26-3)18(28-5)16(9-14)27-4/h8-9,11,13,22H,6-7,10H2,1-5H3. The van der Waals surface area contributed by atoms with Gasteiger partial charge in [-0.05, 0) is 36.9 Å². The van der Waals surface area contributed by atoms with Crippen LogP contribution in [0.15, 0.2) is 17.5 Å². The summed E-state index contributed by atoms with van der Waals surface area (Å²) in [6.07, 6.45) is 0. The van der Waals surface area contributed by atoms with Crippen LogP contribution in [0.25, 0.3) is 21.6 Å². The summed E-state index contributed by atoms with van der Waals surface area (Å²) < 4.78 is 16.5. The second-order valence-corrected chi connectivity index (χ2v) is 8.04. The van der Waals surface area contributed by atoms with Crippen LogP contribution in [-0.2, 0) is 0 Å². The minimum atomic E-state index is 0.414. The van der Waals surface area contributed by atoms with Gasteiger partial charge in [-0.3, -0.25) is 0 Å². The third-order valence-electron chi connectivity index (χ3n) is 5.19. The Labute approximate surface area is 174 Å². The van der Waals surface area contributed by atoms with Gasteiger partial charge in [0, 0.05) is 31.2 Å². The Balaban J connectivity index is 1.89. The zero-order valence-corrected chi connectivity index (χ0v) is 18.2. The summed E-state index contributed by atoms with van der Waals surface area (Å²) in [5.74, 6) is 3.38. The number of fused-ring (bicyclic) bond motifs is 1. The average molecular weight is 415 g/mol. The second-order valence-electron chi connectivity index (χ2n) is 7.18. The number of aryl methyl sites for hydroxylation is 1. The van der Waals surface area contributed by atoms with Crippen LogP contribution < -0.4 is 24.4 Å². The zero-order valence-electron chi connectivity index (χ0n) is 17.4. The van der Waals surface area contributed by atoms with Crippen LogP contribution >= 0.6 is 11.3 Å². The minimum absolute atomic E-state index is 0.414. The Morgan fingerprint density at radius 1 is 1.10 bits per heavy atom. The van der Waals surface area contributed by atoms with Gasteiger partial charge < -0.3 is 24.4 Å². The number of thiophene rings is 1. The van der Waals surface area contributed by atoms with Gasteiger partial charge in [-0.25, -0.2) is 9.97 Å². The number of nitrogens with one attached hydrogen (secondary N) is 1. The van der Waals surface area contributed by atoms with Gasteiger partial charge in [0.15, 0.2) is 17.3 Å². The molecule has 4 rings (SSSR count). The predicted molar refractivity (Wildman–Crippen MR) is 117 cm³/mol. The normalized spacial score (nSPS) is 16.9. The van der Waals surface area contributed by atoms with Crippen LogP contribution in [0.1, 0.15) is 12.5 Å². The molecule has 0 amide bonds. The highest BCUT2D eigenvalue weighted by molar-refractivity contribution is 7.17. The number of piperazine rings is 1. The molecule has 0 radical (unpaired) electrons. The van der Waals surface area contributed by atoms with E-state index in [0.717, 1.165) is 41.2 Å². The molecular formula is C21H26N4O3S. The van der Waals surface area contributed by atoms with E-state index >= 15 is 0 Å². The number of rotatable bonds is 5. The topological polar surface area (TPSA) is 68.7 Å². The first-order valence-corrected chi connectivity index (χ1v) is 10.5. The van der Waals surface area contributed by atoms with E-state index in [2.05, 4.69) is 29.4 Å². The number of aromatic nitrogens is 2. The van der Waals surface area contributed by atoms with Crippen LogP contribution in [-0.4, -0.2) is 57.0 Å². The minimum Gasteiger partial charge on any atom is -0.493 e. The van der Waals surface area contributed by atoms with Crippen molar-refractivity contribution in [3.05, 3.63) is 23.1 Å². The molecule has 1 saturated heterocycles. The first kappa shape index (κ1) is 19.7. The van der Waals surface area contributed by atoms with Crippen molar-refractivity contribution < 1.29 is 14.2 Å². The molecule has 7 nitrogen and oxygen atoms in total. The lowest BCUT2D eigenvalue weighted by molar-refractivity contribution is 0.324. The number of methoxy groups -OCH3 is 3. The van der Waals surface area contributed by atoms with E-state index in [1.54, 1.807) is 32.7 Å². The summed E-state index contributed by atoms with van der Waals surface area (Å²) >= 11 is 1.65. The van der Waals surface area contributed by atoms with E-state index < -0.39 is 0 Å². The Bertz CT molecular complexity index is 1010. The summed E-state index contributed by atoms with van der Waals surface area (Å²) in [7, 11) is 4.82. The largest absolute Gasteiger partial charge is 0.493 e. The molecule has 2 aromatic heterocycles. The van der Waals surface area contributed by atoms with Crippen molar-refractivity contribution in [1.82, 2.24) is 15.3 Å². The van der Waals surface area contributed by atoms with Gasteiger partial charge in [0.2, 0.25) is 5.75 Å². The Hall–Kier alpha value is -2.58. The molecule has 3 aromatic rings. The molecule has 29 heavy (non-hydrogen) atoms. The lowest BCUT2D eigenvalue weighted by Gasteiger charge is -2.33. The van der Waals surface area contributed by atoms with Crippen molar-refractivity contribution in [2.24, 2.45) is 0 Å². The molecule has 1 aliphatic rings. The van der Waals surface area contributed by atoms with E-state index in [-0.39, 0.29) is 0 Å². The van der Waals surface area contributed by atoms with E-state index in [1.807, 2.05) is 12.1 Å². The monoisotopic (exact) mass is 414 g/mol. The fraction of sp³-hybridized carbons (Fsp3) is 0.429. The summed E-state index contributed by atoms with van der Waals surface area (Å²) in [6, 6.07) is 4.21. The summed E-state index contributed by atoms with van der Waals surface area (Å²) in [5.41, 5.74) is 2.04. The predicted octanol–water partition coefficient (Wildman–Crippen LogP) is 3.49. The fourth-order valence-electron chi connectivity index (χ4n) is 3.76. The maximum absolute atomic E-state index is 5.52. The average Bonchev–Trinajstić information content (AvgIpc) is 3.12. The second kappa shape index (κ2) is 8.04. The van der Waals surface area contributed by atoms with Crippen LogP contribution in [0.4, 0.5) is 5.82 Å². The first-order chi connectivity index (χ1) is 14.0. The van der Waals surface area contributed by atoms with Gasteiger partial charge >= 0.3 is 0 Å². The van der Waals surface area contributed by atoms with E-state index in [1.165, 1.54) is 5.56 Å². The molecule has 0 saturated carbocycles. The number of hydrogen-bond donors (Lipinski definition) is 1. The van der Waals surface area contributed by atoms with Crippen molar-refractivity contribution in [3.63, 3.8) is 0 Å². The third kappa shape index (κ3) is 3.58. The van der Waals surface area contributed by atoms with E-state index in [0.29, 0.717) is 29.1 Å². The van der Waals surface area contributed by atoms with Gasteiger partial charge in [0.1, 0.15) is 10.6 Å². The molecule has 3 heterocycles. The van der Waals surface area contributed by atoms with Crippen LogP contribution in [0, 0.1) is 6.92 Å².